The largest absolute Gasteiger partial charge is 0.458 e. The molecule has 3 fully saturated rings. The van der Waals surface area contributed by atoms with Gasteiger partial charge >= 0.3 is 5.97 Å². The summed E-state index contributed by atoms with van der Waals surface area (Å²) in [6.07, 6.45) is 7.92. The quantitative estimate of drug-likeness (QED) is 0.723. The molecule has 3 saturated carbocycles. The van der Waals surface area contributed by atoms with E-state index in [-0.39, 0.29) is 17.8 Å². The van der Waals surface area contributed by atoms with Crippen molar-refractivity contribution in [2.24, 2.45) is 11.8 Å². The summed E-state index contributed by atoms with van der Waals surface area (Å²) in [6, 6.07) is 0. The molecule has 4 heteroatoms. The van der Waals surface area contributed by atoms with Crippen molar-refractivity contribution in [2.45, 2.75) is 82.0 Å². The maximum Gasteiger partial charge on any atom is 0.303 e. The number of carbonyl (C=O) groups is 1. The van der Waals surface area contributed by atoms with E-state index < -0.39 is 17.3 Å². The van der Waals surface area contributed by atoms with Crippen LogP contribution in [0.25, 0.3) is 0 Å². The van der Waals surface area contributed by atoms with E-state index in [0.717, 1.165) is 38.5 Å². The number of ether oxygens (including phenoxy) is 1. The Morgan fingerprint density at radius 2 is 1.70 bits per heavy atom. The monoisotopic (exact) mass is 282 g/mol. The third-order valence-electron chi connectivity index (χ3n) is 5.94. The summed E-state index contributed by atoms with van der Waals surface area (Å²) in [7, 11) is 0. The Morgan fingerprint density at radius 3 is 2.40 bits per heavy atom. The van der Waals surface area contributed by atoms with Crippen molar-refractivity contribution in [1.29, 1.82) is 0 Å². The average molecular weight is 282 g/mol. The number of carbonyl (C=O) groups excluding carboxylic acids is 1. The molecule has 5 atom stereocenters. The van der Waals surface area contributed by atoms with E-state index in [9.17, 15) is 15.0 Å². The normalized spacial score (nSPS) is 48.0. The summed E-state index contributed by atoms with van der Waals surface area (Å²) in [5.74, 6) is -0.414. The molecular formula is C16H26O4. The van der Waals surface area contributed by atoms with Crippen LogP contribution in [-0.4, -0.2) is 33.5 Å². The van der Waals surface area contributed by atoms with Crippen LogP contribution in [0.5, 0.6) is 0 Å². The summed E-state index contributed by atoms with van der Waals surface area (Å²) < 4.78 is 5.79. The highest BCUT2D eigenvalue weighted by Gasteiger charge is 2.74. The van der Waals surface area contributed by atoms with E-state index in [1.807, 2.05) is 0 Å². The third-order valence-corrected chi connectivity index (χ3v) is 5.94. The summed E-state index contributed by atoms with van der Waals surface area (Å²) in [6.45, 7) is 1.46. The molecule has 3 unspecified atom stereocenters. The lowest BCUT2D eigenvalue weighted by atomic mass is 9.42. The predicted molar refractivity (Wildman–Crippen MR) is 74.0 cm³/mol. The zero-order valence-corrected chi connectivity index (χ0v) is 12.3. The molecule has 3 aliphatic carbocycles. The third kappa shape index (κ3) is 1.84. The van der Waals surface area contributed by atoms with Gasteiger partial charge in [0.2, 0.25) is 0 Å². The lowest BCUT2D eigenvalue weighted by Gasteiger charge is -2.68. The lowest BCUT2D eigenvalue weighted by molar-refractivity contribution is -0.341. The standard InChI is InChI=1S/C16H26O4/c1-11(17)20-15-10-5-3-2-4-7-12(15)16(19)13(15)8-6-9-14(16)18/h12-14,18-19H,2-10H2,1H3/t12?,13-,14?,15+,16?/m0/s1. The van der Waals surface area contributed by atoms with Crippen LogP contribution in [0.1, 0.15) is 64.7 Å². The average Bonchev–Trinajstić information content (AvgIpc) is 2.36. The summed E-state index contributed by atoms with van der Waals surface area (Å²) in [5.41, 5.74) is -1.53. The smallest absolute Gasteiger partial charge is 0.303 e. The Morgan fingerprint density at radius 1 is 1.05 bits per heavy atom. The van der Waals surface area contributed by atoms with Crippen LogP contribution in [0, 0.1) is 11.8 Å². The van der Waals surface area contributed by atoms with Crippen LogP contribution in [0.4, 0.5) is 0 Å². The van der Waals surface area contributed by atoms with Crippen LogP contribution >= 0.6 is 0 Å². The van der Waals surface area contributed by atoms with Crippen molar-refractivity contribution in [3.05, 3.63) is 0 Å². The first-order valence-corrected chi connectivity index (χ1v) is 8.12. The molecule has 20 heavy (non-hydrogen) atoms. The topological polar surface area (TPSA) is 66.8 Å². The summed E-state index contributed by atoms with van der Waals surface area (Å²) in [5, 5.41) is 21.4. The predicted octanol–water partition coefficient (Wildman–Crippen LogP) is 2.16. The van der Waals surface area contributed by atoms with Crippen LogP contribution in [0.3, 0.4) is 0 Å². The fraction of sp³-hybridized carbons (Fsp3) is 0.938. The van der Waals surface area contributed by atoms with Crippen molar-refractivity contribution >= 4 is 5.97 Å². The van der Waals surface area contributed by atoms with E-state index in [2.05, 4.69) is 0 Å². The Balaban J connectivity index is 1.94. The van der Waals surface area contributed by atoms with Gasteiger partial charge in [-0.2, -0.15) is 0 Å². The molecule has 0 saturated heterocycles. The first-order chi connectivity index (χ1) is 9.52. The Hall–Kier alpha value is -0.610. The van der Waals surface area contributed by atoms with Crippen LogP contribution in [-0.2, 0) is 9.53 Å². The van der Waals surface area contributed by atoms with Crippen molar-refractivity contribution in [3.63, 3.8) is 0 Å². The van der Waals surface area contributed by atoms with Crippen molar-refractivity contribution in [2.75, 3.05) is 0 Å². The van der Waals surface area contributed by atoms with E-state index in [0.29, 0.717) is 6.42 Å². The van der Waals surface area contributed by atoms with Crippen molar-refractivity contribution in [3.8, 4) is 0 Å². The number of hydrogen-bond donors (Lipinski definition) is 2. The SMILES string of the molecule is CC(=O)O[C@]12CCCCCCC1C1(O)C(O)CCC[C@H]12. The number of aliphatic hydroxyl groups is 2. The lowest BCUT2D eigenvalue weighted by Crippen LogP contribution is -2.79. The summed E-state index contributed by atoms with van der Waals surface area (Å²) >= 11 is 0. The number of aliphatic hydroxyl groups excluding tert-OH is 1. The van der Waals surface area contributed by atoms with Gasteiger partial charge in [-0.15, -0.1) is 0 Å². The first kappa shape index (κ1) is 14.3. The van der Waals surface area contributed by atoms with Crippen LogP contribution in [0.2, 0.25) is 0 Å². The minimum Gasteiger partial charge on any atom is -0.458 e. The van der Waals surface area contributed by atoms with Gasteiger partial charge in [-0.3, -0.25) is 4.79 Å². The molecule has 0 heterocycles. The van der Waals surface area contributed by atoms with Crippen molar-refractivity contribution in [1.82, 2.24) is 0 Å². The molecule has 4 nitrogen and oxygen atoms in total. The minimum atomic E-state index is -1.02. The van der Waals surface area contributed by atoms with Crippen molar-refractivity contribution < 1.29 is 19.7 Å². The van der Waals surface area contributed by atoms with Gasteiger partial charge in [0.25, 0.3) is 0 Å². The molecular weight excluding hydrogens is 256 g/mol. The van der Waals surface area contributed by atoms with Gasteiger partial charge in [-0.25, -0.2) is 0 Å². The van der Waals surface area contributed by atoms with E-state index >= 15 is 0 Å². The molecule has 0 aromatic carbocycles. The molecule has 3 aliphatic rings. The number of hydrogen-bond acceptors (Lipinski definition) is 4. The molecule has 0 aromatic heterocycles. The van der Waals surface area contributed by atoms with Gasteiger partial charge < -0.3 is 14.9 Å². The maximum atomic E-state index is 11.6. The molecule has 3 rings (SSSR count). The molecule has 0 bridgehead atoms. The van der Waals surface area contributed by atoms with Gasteiger partial charge in [0.1, 0.15) is 11.2 Å². The number of esters is 1. The van der Waals surface area contributed by atoms with Gasteiger partial charge in [0.15, 0.2) is 0 Å². The molecule has 0 radical (unpaired) electrons. The minimum absolute atomic E-state index is 0.0780. The second-order valence-corrected chi connectivity index (χ2v) is 6.94. The second-order valence-electron chi connectivity index (χ2n) is 6.94. The Labute approximate surface area is 120 Å². The Bertz CT molecular complexity index is 396. The maximum absolute atomic E-state index is 11.6. The molecule has 0 amide bonds. The molecule has 0 aliphatic heterocycles. The molecule has 0 aromatic rings. The molecule has 0 spiro atoms. The van der Waals surface area contributed by atoms with Gasteiger partial charge in [0, 0.05) is 18.8 Å². The second kappa shape index (κ2) is 4.99. The van der Waals surface area contributed by atoms with E-state index in [4.69, 9.17) is 4.74 Å². The highest BCUT2D eigenvalue weighted by atomic mass is 16.6. The van der Waals surface area contributed by atoms with Crippen LogP contribution < -0.4 is 0 Å². The number of rotatable bonds is 1. The van der Waals surface area contributed by atoms with Crippen LogP contribution in [0.15, 0.2) is 0 Å². The fourth-order valence-electron chi connectivity index (χ4n) is 5.25. The zero-order valence-electron chi connectivity index (χ0n) is 12.3. The van der Waals surface area contributed by atoms with Gasteiger partial charge in [-0.1, -0.05) is 25.7 Å². The number of fused-ring (bicyclic) bond motifs is 4. The van der Waals surface area contributed by atoms with Gasteiger partial charge in [0.05, 0.1) is 6.10 Å². The zero-order chi connectivity index (χ0) is 14.4. The van der Waals surface area contributed by atoms with E-state index in [1.165, 1.54) is 19.8 Å². The Kier molecular flexibility index (Phi) is 3.57. The molecule has 2 N–H and O–H groups in total. The first-order valence-electron chi connectivity index (χ1n) is 8.12. The summed E-state index contributed by atoms with van der Waals surface area (Å²) in [4.78, 5) is 11.6. The highest BCUT2D eigenvalue weighted by molar-refractivity contribution is 5.67. The highest BCUT2D eigenvalue weighted by Crippen LogP contribution is 2.64. The fourth-order valence-corrected chi connectivity index (χ4v) is 5.25. The van der Waals surface area contributed by atoms with Gasteiger partial charge in [-0.05, 0) is 32.1 Å². The molecule has 114 valence electrons. The van der Waals surface area contributed by atoms with E-state index in [1.54, 1.807) is 0 Å².